The first-order chi connectivity index (χ1) is 18.5. The molecule has 0 radical (unpaired) electrons. The second kappa shape index (κ2) is 8.87. The molecule has 190 valence electrons. The zero-order valence-electron chi connectivity index (χ0n) is 21.4. The smallest absolute Gasteiger partial charge is 0.236 e. The van der Waals surface area contributed by atoms with Crippen molar-refractivity contribution in [1.82, 2.24) is 4.90 Å². The maximum atomic E-state index is 13.4. The van der Waals surface area contributed by atoms with Crippen LogP contribution >= 0.6 is 22.7 Å². The first-order valence-corrected chi connectivity index (χ1v) is 14.7. The van der Waals surface area contributed by atoms with Gasteiger partial charge in [0.25, 0.3) is 0 Å². The minimum Gasteiger partial charge on any atom is -0.364 e. The van der Waals surface area contributed by atoms with Crippen molar-refractivity contribution in [3.05, 3.63) is 93.7 Å². The number of fused-ring (bicyclic) bond motifs is 5. The van der Waals surface area contributed by atoms with Crippen LogP contribution in [0.2, 0.25) is 0 Å². The Morgan fingerprint density at radius 3 is 1.53 bits per heavy atom. The van der Waals surface area contributed by atoms with Crippen molar-refractivity contribution in [2.75, 3.05) is 6.54 Å². The molecular formula is C32H27NO3S2. The summed E-state index contributed by atoms with van der Waals surface area (Å²) in [5.41, 5.74) is 6.81. The van der Waals surface area contributed by atoms with Crippen molar-refractivity contribution in [2.24, 2.45) is 11.8 Å². The molecule has 4 atom stereocenters. The van der Waals surface area contributed by atoms with Crippen LogP contribution in [-0.4, -0.2) is 35.5 Å². The Balaban J connectivity index is 1.43. The molecule has 0 aliphatic carbocycles. The van der Waals surface area contributed by atoms with Crippen LogP contribution in [-0.2, 0) is 14.3 Å². The molecule has 2 saturated heterocycles. The number of hydrogen-bond donors (Lipinski definition) is 0. The van der Waals surface area contributed by atoms with Crippen LogP contribution in [0.5, 0.6) is 0 Å². The number of rotatable bonds is 5. The molecular weight excluding hydrogens is 510 g/mol. The van der Waals surface area contributed by atoms with Crippen LogP contribution in [0.3, 0.4) is 0 Å². The van der Waals surface area contributed by atoms with Crippen molar-refractivity contribution in [3.63, 3.8) is 0 Å². The van der Waals surface area contributed by atoms with Gasteiger partial charge in [0, 0.05) is 26.1 Å². The summed E-state index contributed by atoms with van der Waals surface area (Å²) < 4.78 is 6.61. The number of nitrogens with zero attached hydrogens (tertiary/aromatic N) is 1. The third-order valence-corrected chi connectivity index (χ3v) is 10.3. The molecule has 0 unspecified atom stereocenters. The normalized spacial score (nSPS) is 24.1. The molecule has 3 aliphatic heterocycles. The monoisotopic (exact) mass is 537 g/mol. The number of aryl methyl sites for hydroxylation is 2. The third kappa shape index (κ3) is 3.37. The van der Waals surface area contributed by atoms with Gasteiger partial charge in [0.2, 0.25) is 11.8 Å². The van der Waals surface area contributed by atoms with Gasteiger partial charge in [-0.3, -0.25) is 14.5 Å². The number of hydrogen-bond acceptors (Lipinski definition) is 5. The van der Waals surface area contributed by atoms with E-state index in [-0.39, 0.29) is 11.8 Å². The van der Waals surface area contributed by atoms with E-state index in [4.69, 9.17) is 4.74 Å². The molecule has 4 nitrogen and oxygen atoms in total. The molecule has 0 N–H and O–H groups in total. The van der Waals surface area contributed by atoms with E-state index in [0.29, 0.717) is 6.54 Å². The largest absolute Gasteiger partial charge is 0.364 e. The number of imide groups is 1. The molecule has 3 aliphatic rings. The standard InChI is InChI=1S/C32H27NO3S2/c1-4-33-31(34)27-28(32(33)35)30-26(22-16-24(38-18(22)3)20-13-9-6-10-14-20)25(29(27)36-30)21-15-23(37-17(21)2)19-11-7-5-8-12-19/h5-16,27-30H,4H2,1-3H3/t27-,28+,29+,30-. The number of likely N-dealkylation sites (tertiary alicyclic amines) is 1. The van der Waals surface area contributed by atoms with Gasteiger partial charge in [-0.1, -0.05) is 60.7 Å². The van der Waals surface area contributed by atoms with E-state index in [1.165, 1.54) is 35.5 Å². The van der Waals surface area contributed by atoms with Gasteiger partial charge < -0.3 is 4.74 Å². The van der Waals surface area contributed by atoms with Crippen LogP contribution in [0.15, 0.2) is 72.8 Å². The first kappa shape index (κ1) is 23.8. The maximum Gasteiger partial charge on any atom is 0.236 e. The molecule has 0 spiro atoms. The third-order valence-electron chi connectivity index (χ3n) is 8.14. The summed E-state index contributed by atoms with van der Waals surface area (Å²) >= 11 is 3.53. The molecule has 38 heavy (non-hydrogen) atoms. The molecule has 2 fully saturated rings. The Morgan fingerprint density at radius 2 is 1.13 bits per heavy atom. The van der Waals surface area contributed by atoms with Crippen LogP contribution in [0.25, 0.3) is 32.0 Å². The van der Waals surface area contributed by atoms with Crippen LogP contribution in [0, 0.1) is 25.7 Å². The van der Waals surface area contributed by atoms with Crippen molar-refractivity contribution in [1.29, 1.82) is 0 Å². The van der Waals surface area contributed by atoms with Crippen LogP contribution < -0.4 is 0 Å². The fourth-order valence-electron chi connectivity index (χ4n) is 6.44. The number of carbonyl (C=O) groups is 2. The molecule has 0 saturated carbocycles. The predicted molar refractivity (Wildman–Crippen MR) is 154 cm³/mol. The summed E-state index contributed by atoms with van der Waals surface area (Å²) in [5.74, 6) is -1.07. The Hall–Kier alpha value is -3.32. The Labute approximate surface area is 230 Å². The molecule has 2 aromatic carbocycles. The Kier molecular flexibility index (Phi) is 5.55. The van der Waals surface area contributed by atoms with Gasteiger partial charge in [-0.25, -0.2) is 0 Å². The number of thiophene rings is 2. The number of ether oxygens (including phenoxy) is 1. The summed E-state index contributed by atoms with van der Waals surface area (Å²) in [4.78, 5) is 33.0. The van der Waals surface area contributed by atoms with Crippen molar-refractivity contribution in [2.45, 2.75) is 33.0 Å². The van der Waals surface area contributed by atoms with Crippen LogP contribution in [0.4, 0.5) is 0 Å². The maximum absolute atomic E-state index is 13.4. The van der Waals surface area contributed by atoms with Gasteiger partial charge in [0.1, 0.15) is 0 Å². The summed E-state index contributed by atoms with van der Waals surface area (Å²) in [5, 5.41) is 0. The zero-order valence-corrected chi connectivity index (χ0v) is 23.1. The molecule has 7 rings (SSSR count). The van der Waals surface area contributed by atoms with Crippen molar-refractivity contribution >= 4 is 45.6 Å². The zero-order chi connectivity index (χ0) is 26.1. The average Bonchev–Trinajstić information content (AvgIpc) is 3.73. The number of carbonyl (C=O) groups excluding carboxylic acids is 2. The van der Waals surface area contributed by atoms with E-state index in [0.717, 1.165) is 22.3 Å². The Bertz CT molecular complexity index is 1500. The van der Waals surface area contributed by atoms with E-state index >= 15 is 0 Å². The van der Waals surface area contributed by atoms with Gasteiger partial charge in [0.15, 0.2) is 0 Å². The summed E-state index contributed by atoms with van der Waals surface area (Å²) in [7, 11) is 0. The van der Waals surface area contributed by atoms with E-state index in [2.05, 4.69) is 74.5 Å². The quantitative estimate of drug-likeness (QED) is 0.256. The fraction of sp³-hybridized carbons (Fsp3) is 0.250. The summed E-state index contributed by atoms with van der Waals surface area (Å²) in [6.07, 6.45) is -0.825. The highest BCUT2D eigenvalue weighted by atomic mass is 32.1. The average molecular weight is 538 g/mol. The summed E-state index contributed by atoms with van der Waals surface area (Å²) in [6.45, 7) is 6.58. The predicted octanol–water partition coefficient (Wildman–Crippen LogP) is 7.07. The van der Waals surface area contributed by atoms with Gasteiger partial charge in [0.05, 0.1) is 24.0 Å². The molecule has 4 aromatic rings. The lowest BCUT2D eigenvalue weighted by molar-refractivity contribution is -0.141. The van der Waals surface area contributed by atoms with E-state index < -0.39 is 24.0 Å². The highest BCUT2D eigenvalue weighted by Crippen LogP contribution is 2.59. The second-order valence-electron chi connectivity index (χ2n) is 10.2. The topological polar surface area (TPSA) is 46.6 Å². The van der Waals surface area contributed by atoms with Gasteiger partial charge in [-0.2, -0.15) is 0 Å². The van der Waals surface area contributed by atoms with Gasteiger partial charge >= 0.3 is 0 Å². The molecule has 2 amide bonds. The highest BCUT2D eigenvalue weighted by molar-refractivity contribution is 7.16. The number of benzene rings is 2. The second-order valence-corrected chi connectivity index (χ2v) is 12.7. The molecule has 6 heteroatoms. The number of amides is 2. The van der Waals surface area contributed by atoms with Crippen LogP contribution in [0.1, 0.15) is 27.8 Å². The highest BCUT2D eigenvalue weighted by Gasteiger charge is 2.65. The fourth-order valence-corrected chi connectivity index (χ4v) is 8.52. The molecule has 5 heterocycles. The Morgan fingerprint density at radius 1 is 0.711 bits per heavy atom. The molecule has 2 bridgehead atoms. The molecule has 2 aromatic heterocycles. The lowest BCUT2D eigenvalue weighted by atomic mass is 9.73. The minimum atomic E-state index is -0.446. The van der Waals surface area contributed by atoms with E-state index in [1.54, 1.807) is 22.7 Å². The van der Waals surface area contributed by atoms with Crippen molar-refractivity contribution < 1.29 is 14.3 Å². The SMILES string of the molecule is CCN1C(=O)[C@@H]2[C@H](C1=O)[C@@H]1O[C@H]2C(c2cc(-c3ccccc3)sc2C)=C1c1cc(-c2ccccc2)sc1C. The van der Waals surface area contributed by atoms with E-state index in [9.17, 15) is 9.59 Å². The summed E-state index contributed by atoms with van der Waals surface area (Å²) in [6, 6.07) is 25.3. The van der Waals surface area contributed by atoms with Gasteiger partial charge in [-0.15, -0.1) is 22.7 Å². The minimum absolute atomic E-state index is 0.0882. The first-order valence-electron chi connectivity index (χ1n) is 13.0. The van der Waals surface area contributed by atoms with Gasteiger partial charge in [-0.05, 0) is 66.3 Å². The lowest BCUT2D eigenvalue weighted by Crippen LogP contribution is -2.34. The van der Waals surface area contributed by atoms with Crippen molar-refractivity contribution in [3.8, 4) is 20.9 Å². The van der Waals surface area contributed by atoms with E-state index in [1.807, 2.05) is 19.1 Å². The lowest BCUT2D eigenvalue weighted by Gasteiger charge is -2.24.